The summed E-state index contributed by atoms with van der Waals surface area (Å²) in [6.07, 6.45) is 1.83. The number of carboxylic acid groups (broad SMARTS) is 1. The molecule has 212 valence electrons. The lowest BCUT2D eigenvalue weighted by Crippen LogP contribution is -2.44. The van der Waals surface area contributed by atoms with Crippen LogP contribution < -0.4 is 0 Å². The van der Waals surface area contributed by atoms with Crippen molar-refractivity contribution in [1.82, 2.24) is 9.80 Å². The van der Waals surface area contributed by atoms with Gasteiger partial charge in [0.15, 0.2) is 0 Å². The first-order chi connectivity index (χ1) is 18.3. The number of halogens is 3. The number of nitrogens with zero attached hydrogens (tertiary/aromatic N) is 2. The Morgan fingerprint density at radius 1 is 1.00 bits per heavy atom. The van der Waals surface area contributed by atoms with Crippen LogP contribution in [0, 0.1) is 17.6 Å². The lowest BCUT2D eigenvalue weighted by molar-refractivity contribution is -0.143. The van der Waals surface area contributed by atoms with Crippen LogP contribution in [0.2, 0.25) is 5.02 Å². The van der Waals surface area contributed by atoms with E-state index in [4.69, 9.17) is 11.6 Å². The molecule has 0 aromatic heterocycles. The number of carboxylic acids is 1. The summed E-state index contributed by atoms with van der Waals surface area (Å²) in [7, 11) is 0. The smallest absolute Gasteiger partial charge is 0.313 e. The first-order valence-corrected chi connectivity index (χ1v) is 14.2. The third-order valence-corrected chi connectivity index (χ3v) is 9.22. The van der Waals surface area contributed by atoms with Crippen LogP contribution in [0.1, 0.15) is 82.4 Å². The minimum absolute atomic E-state index is 0.00538. The van der Waals surface area contributed by atoms with E-state index in [0.717, 1.165) is 17.2 Å². The molecule has 0 bridgehead atoms. The summed E-state index contributed by atoms with van der Waals surface area (Å²) in [5.41, 5.74) is 0.842. The predicted octanol–water partition coefficient (Wildman–Crippen LogP) is 6.59. The van der Waals surface area contributed by atoms with E-state index in [1.54, 1.807) is 19.1 Å². The molecule has 5 nitrogen and oxygen atoms in total. The number of rotatable bonds is 6. The average Bonchev–Trinajstić information content (AvgIpc) is 3.33. The second kappa shape index (κ2) is 11.2. The van der Waals surface area contributed by atoms with E-state index < -0.39 is 28.9 Å². The predicted molar refractivity (Wildman–Crippen MR) is 149 cm³/mol. The lowest BCUT2D eigenvalue weighted by atomic mass is 9.73. The third kappa shape index (κ3) is 5.85. The molecule has 2 aromatic rings. The van der Waals surface area contributed by atoms with E-state index >= 15 is 0 Å². The molecule has 8 heteroatoms. The fourth-order valence-electron chi connectivity index (χ4n) is 6.18. The first-order valence-electron chi connectivity index (χ1n) is 13.8. The van der Waals surface area contributed by atoms with Gasteiger partial charge < -0.3 is 10.0 Å². The molecule has 0 saturated carbocycles. The molecule has 2 fully saturated rings. The molecule has 39 heavy (non-hydrogen) atoms. The normalized spacial score (nSPS) is 22.6. The van der Waals surface area contributed by atoms with Crippen molar-refractivity contribution in [1.29, 1.82) is 0 Å². The number of hydrogen-bond donors (Lipinski definition) is 1. The Morgan fingerprint density at radius 3 is 2.21 bits per heavy atom. The summed E-state index contributed by atoms with van der Waals surface area (Å²) in [6.45, 7) is 11.9. The fourth-order valence-corrected chi connectivity index (χ4v) is 6.36. The Kier molecular flexibility index (Phi) is 8.44. The van der Waals surface area contributed by atoms with Crippen molar-refractivity contribution >= 4 is 23.5 Å². The van der Waals surface area contributed by atoms with Gasteiger partial charge in [0.1, 0.15) is 11.6 Å². The number of hydrogen-bond acceptors (Lipinski definition) is 3. The molecule has 4 rings (SSSR count). The minimum Gasteiger partial charge on any atom is -0.481 e. The average molecular weight is 561 g/mol. The second-order valence-corrected chi connectivity index (χ2v) is 12.7. The van der Waals surface area contributed by atoms with Crippen molar-refractivity contribution in [3.8, 4) is 0 Å². The molecule has 1 unspecified atom stereocenters. The van der Waals surface area contributed by atoms with Crippen molar-refractivity contribution < 1.29 is 23.5 Å². The lowest BCUT2D eigenvalue weighted by Gasteiger charge is -2.37. The monoisotopic (exact) mass is 560 g/mol. The van der Waals surface area contributed by atoms with Gasteiger partial charge in [0, 0.05) is 48.7 Å². The van der Waals surface area contributed by atoms with Crippen LogP contribution in [-0.4, -0.2) is 58.5 Å². The van der Waals surface area contributed by atoms with Gasteiger partial charge in [0.05, 0.1) is 11.3 Å². The molecule has 0 aliphatic carbocycles. The number of piperidine rings is 1. The number of benzene rings is 2. The molecule has 0 spiro atoms. The van der Waals surface area contributed by atoms with Crippen LogP contribution in [0.4, 0.5) is 8.78 Å². The number of carbonyl (C=O) groups excluding carboxylic acids is 1. The van der Waals surface area contributed by atoms with Gasteiger partial charge in [-0.3, -0.25) is 14.5 Å². The Morgan fingerprint density at radius 2 is 1.64 bits per heavy atom. The summed E-state index contributed by atoms with van der Waals surface area (Å²) < 4.78 is 28.5. The molecule has 2 aliphatic heterocycles. The zero-order chi connectivity index (χ0) is 28.7. The van der Waals surface area contributed by atoms with Crippen LogP contribution in [0.25, 0.3) is 0 Å². The van der Waals surface area contributed by atoms with Gasteiger partial charge in [-0.05, 0) is 87.8 Å². The summed E-state index contributed by atoms with van der Waals surface area (Å²) in [5, 5.41) is 10.5. The highest BCUT2D eigenvalue weighted by Crippen LogP contribution is 2.42. The van der Waals surface area contributed by atoms with Gasteiger partial charge in [-0.25, -0.2) is 8.78 Å². The highest BCUT2D eigenvalue weighted by atomic mass is 35.5. The fraction of sp³-hybridized carbons (Fsp3) is 0.548. The maximum Gasteiger partial charge on any atom is 0.313 e. The number of amides is 1. The van der Waals surface area contributed by atoms with Crippen LogP contribution in [-0.2, 0) is 15.0 Å². The highest BCUT2D eigenvalue weighted by Gasteiger charge is 2.45. The maximum absolute atomic E-state index is 14.9. The van der Waals surface area contributed by atoms with Gasteiger partial charge in [0.2, 0.25) is 5.91 Å². The van der Waals surface area contributed by atoms with E-state index in [9.17, 15) is 23.5 Å². The maximum atomic E-state index is 14.9. The second-order valence-electron chi connectivity index (χ2n) is 12.3. The van der Waals surface area contributed by atoms with E-state index in [1.807, 2.05) is 17.9 Å². The van der Waals surface area contributed by atoms with Crippen LogP contribution in [0.15, 0.2) is 36.4 Å². The largest absolute Gasteiger partial charge is 0.481 e. The molecule has 3 atom stereocenters. The third-order valence-electron chi connectivity index (χ3n) is 8.98. The minimum atomic E-state index is -1.06. The van der Waals surface area contributed by atoms with Crippen LogP contribution in [0.3, 0.4) is 0 Å². The molecule has 2 saturated heterocycles. The van der Waals surface area contributed by atoms with E-state index in [2.05, 4.69) is 25.7 Å². The topological polar surface area (TPSA) is 60.9 Å². The molecule has 2 heterocycles. The Labute approximate surface area is 235 Å². The zero-order valence-corrected chi connectivity index (χ0v) is 24.2. The molecular formula is C31H39ClF2N2O3. The SMILES string of the molecule is CCC(C)(C(=O)O)c1cc(Cl)ccc1C1CCN(C(=O)[C@@H]2CN(C(C)(C)C)C[C@H]2c2ccc(F)cc2F)CC1. The molecule has 1 N–H and O–H groups in total. The first kappa shape index (κ1) is 29.5. The van der Waals surface area contributed by atoms with Gasteiger partial charge in [-0.15, -0.1) is 0 Å². The molecule has 2 aliphatic rings. The highest BCUT2D eigenvalue weighted by molar-refractivity contribution is 6.30. The van der Waals surface area contributed by atoms with E-state index in [-0.39, 0.29) is 23.3 Å². The Bertz CT molecular complexity index is 1240. The molecule has 1 amide bonds. The number of carbonyl (C=O) groups is 2. The standard InChI is InChI=1S/C31H39ClF2N2O3/c1-6-31(5,29(38)39)26-15-20(32)7-9-22(26)19-11-13-35(14-12-19)28(37)25-18-36(30(2,3)4)17-24(25)23-10-8-21(33)16-27(23)34/h7-10,15-16,19,24-25H,6,11-14,17-18H2,1-5H3,(H,38,39)/t24-,25+,31?/m0/s1. The zero-order valence-electron chi connectivity index (χ0n) is 23.4. The van der Waals surface area contributed by atoms with Gasteiger partial charge in [0.25, 0.3) is 0 Å². The molecule has 0 radical (unpaired) electrons. The summed E-state index contributed by atoms with van der Waals surface area (Å²) in [6, 6.07) is 9.14. The van der Waals surface area contributed by atoms with Gasteiger partial charge >= 0.3 is 5.97 Å². The Balaban J connectivity index is 1.55. The van der Waals surface area contributed by atoms with Crippen molar-refractivity contribution in [2.75, 3.05) is 26.2 Å². The van der Waals surface area contributed by atoms with Gasteiger partial charge in [-0.1, -0.05) is 30.7 Å². The van der Waals surface area contributed by atoms with Crippen LogP contribution >= 0.6 is 11.6 Å². The van der Waals surface area contributed by atoms with E-state index in [0.29, 0.717) is 56.0 Å². The van der Waals surface area contributed by atoms with Crippen molar-refractivity contribution in [3.63, 3.8) is 0 Å². The molecular weight excluding hydrogens is 522 g/mol. The number of likely N-dealkylation sites (tertiary alicyclic amines) is 2. The van der Waals surface area contributed by atoms with E-state index in [1.165, 1.54) is 12.1 Å². The molecule has 2 aromatic carbocycles. The summed E-state index contributed by atoms with van der Waals surface area (Å²) >= 11 is 6.29. The van der Waals surface area contributed by atoms with Crippen molar-refractivity contribution in [3.05, 3.63) is 69.7 Å². The Hall–Kier alpha value is -2.51. The number of aliphatic carboxylic acids is 1. The quantitative estimate of drug-likeness (QED) is 0.433. The summed E-state index contributed by atoms with van der Waals surface area (Å²) in [4.78, 5) is 30.2. The van der Waals surface area contributed by atoms with Gasteiger partial charge in [-0.2, -0.15) is 0 Å². The van der Waals surface area contributed by atoms with Crippen molar-refractivity contribution in [2.45, 2.75) is 76.7 Å². The summed E-state index contributed by atoms with van der Waals surface area (Å²) in [5.74, 6) is -2.82. The van der Waals surface area contributed by atoms with Crippen molar-refractivity contribution in [2.24, 2.45) is 5.92 Å². The van der Waals surface area contributed by atoms with Crippen LogP contribution in [0.5, 0.6) is 0 Å².